The maximum atomic E-state index is 6.39. The molecule has 2 heterocycles. The van der Waals surface area contributed by atoms with Crippen LogP contribution >= 0.6 is 11.8 Å². The van der Waals surface area contributed by atoms with Crippen molar-refractivity contribution in [3.8, 4) is 5.75 Å². The molecular formula is C14H19NO2S. The van der Waals surface area contributed by atoms with Gasteiger partial charge in [-0.2, -0.15) is 0 Å². The standard InChI is InChI=1S/C14H19NO2S/c15-14(10-5-7-16-8-6-10)12-9-18-13-4-2-1-3-11(13)17-12/h1-4,10,12,14H,5-9,15H2. The highest BCUT2D eigenvalue weighted by molar-refractivity contribution is 7.99. The van der Waals surface area contributed by atoms with Crippen molar-refractivity contribution in [1.82, 2.24) is 0 Å². The summed E-state index contributed by atoms with van der Waals surface area (Å²) >= 11 is 1.85. The van der Waals surface area contributed by atoms with Crippen LogP contribution in [-0.4, -0.2) is 31.1 Å². The van der Waals surface area contributed by atoms with Crippen molar-refractivity contribution >= 4 is 11.8 Å². The predicted octanol–water partition coefficient (Wildman–Crippen LogP) is 2.29. The summed E-state index contributed by atoms with van der Waals surface area (Å²) in [5.74, 6) is 2.48. The fraction of sp³-hybridized carbons (Fsp3) is 0.571. The average molecular weight is 265 g/mol. The van der Waals surface area contributed by atoms with Crippen molar-refractivity contribution < 1.29 is 9.47 Å². The minimum atomic E-state index is 0.120. The first kappa shape index (κ1) is 12.3. The van der Waals surface area contributed by atoms with E-state index in [0.717, 1.165) is 37.6 Å². The van der Waals surface area contributed by atoms with Crippen LogP contribution in [0.25, 0.3) is 0 Å². The third-order valence-corrected chi connectivity index (χ3v) is 4.91. The minimum Gasteiger partial charge on any atom is -0.487 e. The Morgan fingerprint density at radius 1 is 1.22 bits per heavy atom. The zero-order valence-corrected chi connectivity index (χ0v) is 11.2. The van der Waals surface area contributed by atoms with Crippen LogP contribution in [0.4, 0.5) is 0 Å². The van der Waals surface area contributed by atoms with E-state index in [9.17, 15) is 0 Å². The normalized spacial score (nSPS) is 26.2. The molecule has 0 bridgehead atoms. The van der Waals surface area contributed by atoms with Crippen molar-refractivity contribution in [1.29, 1.82) is 0 Å². The fourth-order valence-electron chi connectivity index (χ4n) is 2.63. The van der Waals surface area contributed by atoms with Gasteiger partial charge in [0.25, 0.3) is 0 Å². The molecule has 2 aliphatic heterocycles. The highest BCUT2D eigenvalue weighted by atomic mass is 32.2. The lowest BCUT2D eigenvalue weighted by molar-refractivity contribution is 0.0401. The number of benzene rings is 1. The quantitative estimate of drug-likeness (QED) is 0.891. The lowest BCUT2D eigenvalue weighted by Crippen LogP contribution is -2.48. The molecule has 98 valence electrons. The Kier molecular flexibility index (Phi) is 3.77. The van der Waals surface area contributed by atoms with Gasteiger partial charge in [-0.25, -0.2) is 0 Å². The Balaban J connectivity index is 1.67. The van der Waals surface area contributed by atoms with Crippen molar-refractivity contribution in [2.45, 2.75) is 29.9 Å². The summed E-state index contributed by atoms with van der Waals surface area (Å²) in [7, 11) is 0. The van der Waals surface area contributed by atoms with Crippen molar-refractivity contribution in [2.75, 3.05) is 19.0 Å². The molecule has 0 amide bonds. The van der Waals surface area contributed by atoms with E-state index >= 15 is 0 Å². The Labute approximate surface area is 112 Å². The summed E-state index contributed by atoms with van der Waals surface area (Å²) in [5, 5.41) is 0. The highest BCUT2D eigenvalue weighted by Crippen LogP contribution is 2.37. The van der Waals surface area contributed by atoms with Gasteiger partial charge < -0.3 is 15.2 Å². The number of ether oxygens (including phenoxy) is 2. The molecular weight excluding hydrogens is 246 g/mol. The molecule has 1 aromatic rings. The summed E-state index contributed by atoms with van der Waals surface area (Å²) < 4.78 is 11.5. The molecule has 18 heavy (non-hydrogen) atoms. The zero-order chi connectivity index (χ0) is 12.4. The first-order chi connectivity index (χ1) is 8.84. The Hall–Kier alpha value is -0.710. The van der Waals surface area contributed by atoms with Gasteiger partial charge in [-0.3, -0.25) is 0 Å². The largest absolute Gasteiger partial charge is 0.487 e. The first-order valence-corrected chi connectivity index (χ1v) is 7.55. The van der Waals surface area contributed by atoms with E-state index in [4.69, 9.17) is 15.2 Å². The lowest BCUT2D eigenvalue weighted by atomic mass is 9.89. The van der Waals surface area contributed by atoms with Crippen LogP contribution in [0, 0.1) is 5.92 Å². The summed E-state index contributed by atoms with van der Waals surface area (Å²) in [6.45, 7) is 1.68. The topological polar surface area (TPSA) is 44.5 Å². The number of thioether (sulfide) groups is 1. The maximum absolute atomic E-state index is 6.39. The second-order valence-corrected chi connectivity index (χ2v) is 6.00. The number of rotatable bonds is 2. The van der Waals surface area contributed by atoms with Gasteiger partial charge in [-0.05, 0) is 30.9 Å². The smallest absolute Gasteiger partial charge is 0.133 e. The predicted molar refractivity (Wildman–Crippen MR) is 73.1 cm³/mol. The van der Waals surface area contributed by atoms with Gasteiger partial charge in [0.1, 0.15) is 11.9 Å². The lowest BCUT2D eigenvalue weighted by Gasteiger charge is -2.35. The Bertz CT molecular complexity index is 407. The molecule has 0 aromatic heterocycles. The van der Waals surface area contributed by atoms with E-state index in [1.165, 1.54) is 4.90 Å². The molecule has 2 aliphatic rings. The molecule has 1 saturated heterocycles. The Morgan fingerprint density at radius 2 is 2.00 bits per heavy atom. The van der Waals surface area contributed by atoms with E-state index < -0.39 is 0 Å². The van der Waals surface area contributed by atoms with Crippen LogP contribution < -0.4 is 10.5 Å². The van der Waals surface area contributed by atoms with Gasteiger partial charge >= 0.3 is 0 Å². The van der Waals surface area contributed by atoms with Gasteiger partial charge in [0, 0.05) is 29.9 Å². The van der Waals surface area contributed by atoms with E-state index in [1.807, 2.05) is 30.0 Å². The highest BCUT2D eigenvalue weighted by Gasteiger charge is 2.32. The second kappa shape index (κ2) is 5.51. The summed E-state index contributed by atoms with van der Waals surface area (Å²) in [5.41, 5.74) is 6.39. The van der Waals surface area contributed by atoms with Crippen LogP contribution in [0.1, 0.15) is 12.8 Å². The van der Waals surface area contributed by atoms with E-state index in [2.05, 4.69) is 6.07 Å². The molecule has 0 spiro atoms. The van der Waals surface area contributed by atoms with Gasteiger partial charge in [0.05, 0.1) is 0 Å². The van der Waals surface area contributed by atoms with Crippen molar-refractivity contribution in [3.63, 3.8) is 0 Å². The van der Waals surface area contributed by atoms with E-state index in [-0.39, 0.29) is 12.1 Å². The average Bonchev–Trinajstić information content (AvgIpc) is 2.47. The fourth-order valence-corrected chi connectivity index (χ4v) is 3.70. The molecule has 0 radical (unpaired) electrons. The SMILES string of the molecule is NC(C1CCOCC1)C1CSc2ccccc2O1. The van der Waals surface area contributed by atoms with Crippen LogP contribution in [-0.2, 0) is 4.74 Å². The number of hydrogen-bond acceptors (Lipinski definition) is 4. The zero-order valence-electron chi connectivity index (χ0n) is 10.4. The number of nitrogens with two attached hydrogens (primary N) is 1. The van der Waals surface area contributed by atoms with Crippen molar-refractivity contribution in [3.05, 3.63) is 24.3 Å². The summed E-state index contributed by atoms with van der Waals surface area (Å²) in [6, 6.07) is 8.33. The van der Waals surface area contributed by atoms with Crippen LogP contribution in [0.2, 0.25) is 0 Å². The molecule has 1 fully saturated rings. The number of para-hydroxylation sites is 1. The third-order valence-electron chi connectivity index (χ3n) is 3.77. The van der Waals surface area contributed by atoms with E-state index in [0.29, 0.717) is 5.92 Å². The molecule has 1 aromatic carbocycles. The van der Waals surface area contributed by atoms with Gasteiger partial charge in [-0.15, -0.1) is 11.8 Å². The molecule has 4 heteroatoms. The molecule has 0 saturated carbocycles. The molecule has 2 N–H and O–H groups in total. The molecule has 0 aliphatic carbocycles. The third kappa shape index (κ3) is 2.51. The van der Waals surface area contributed by atoms with Gasteiger partial charge in [-0.1, -0.05) is 12.1 Å². The molecule has 3 rings (SSSR count). The van der Waals surface area contributed by atoms with Gasteiger partial charge in [0.2, 0.25) is 0 Å². The second-order valence-electron chi connectivity index (χ2n) is 4.94. The number of hydrogen-bond donors (Lipinski definition) is 1. The van der Waals surface area contributed by atoms with Crippen LogP contribution in [0.15, 0.2) is 29.2 Å². The van der Waals surface area contributed by atoms with Crippen LogP contribution in [0.3, 0.4) is 0 Å². The first-order valence-electron chi connectivity index (χ1n) is 6.56. The molecule has 3 nitrogen and oxygen atoms in total. The summed E-state index contributed by atoms with van der Waals surface area (Å²) in [4.78, 5) is 1.23. The maximum Gasteiger partial charge on any atom is 0.133 e. The van der Waals surface area contributed by atoms with Gasteiger partial charge in [0.15, 0.2) is 0 Å². The van der Waals surface area contributed by atoms with E-state index in [1.54, 1.807) is 0 Å². The Morgan fingerprint density at radius 3 is 2.83 bits per heavy atom. The molecule has 2 unspecified atom stereocenters. The summed E-state index contributed by atoms with van der Waals surface area (Å²) in [6.07, 6.45) is 2.26. The number of fused-ring (bicyclic) bond motifs is 1. The monoisotopic (exact) mass is 265 g/mol. The minimum absolute atomic E-state index is 0.120. The van der Waals surface area contributed by atoms with Crippen LogP contribution in [0.5, 0.6) is 5.75 Å². The molecule has 2 atom stereocenters. The van der Waals surface area contributed by atoms with Crippen molar-refractivity contribution in [2.24, 2.45) is 11.7 Å².